The second-order valence-corrected chi connectivity index (χ2v) is 5.85. The number of amides is 1. The van der Waals surface area contributed by atoms with Crippen LogP contribution in [0.4, 0.5) is 5.69 Å². The van der Waals surface area contributed by atoms with E-state index in [0.29, 0.717) is 24.3 Å². The van der Waals surface area contributed by atoms with Crippen LogP contribution in [-0.4, -0.2) is 30.6 Å². The molecule has 0 unspecified atom stereocenters. The third-order valence-electron chi connectivity index (χ3n) is 3.92. The average Bonchev–Trinajstić information content (AvgIpc) is 2.62. The average molecular weight is 358 g/mol. The summed E-state index contributed by atoms with van der Waals surface area (Å²) in [5.74, 6) is 0.971. The van der Waals surface area contributed by atoms with E-state index in [1.807, 2.05) is 24.3 Å². The van der Waals surface area contributed by atoms with Crippen molar-refractivity contribution in [1.29, 1.82) is 0 Å². The Balaban J connectivity index is 1.83. The highest BCUT2D eigenvalue weighted by Gasteiger charge is 2.16. The zero-order chi connectivity index (χ0) is 19.1. The van der Waals surface area contributed by atoms with Crippen molar-refractivity contribution in [1.82, 2.24) is 5.32 Å². The van der Waals surface area contributed by atoms with E-state index in [1.165, 1.54) is 12.1 Å². The van der Waals surface area contributed by atoms with Gasteiger partial charge in [0.25, 0.3) is 11.6 Å². The van der Waals surface area contributed by atoms with E-state index in [-0.39, 0.29) is 11.6 Å². The summed E-state index contributed by atoms with van der Waals surface area (Å²) in [6.45, 7) is 3.75. The van der Waals surface area contributed by atoms with E-state index in [1.54, 1.807) is 27.0 Å². The summed E-state index contributed by atoms with van der Waals surface area (Å²) in [5, 5.41) is 13.6. The van der Waals surface area contributed by atoms with Gasteiger partial charge in [0.1, 0.15) is 11.5 Å². The largest absolute Gasteiger partial charge is 0.497 e. The SMILES string of the molecule is COc1ccc(CCNC(=O)[C@@H](C)Oc2ccc([N+](=O)[O-])c(C)c2)cc1. The highest BCUT2D eigenvalue weighted by molar-refractivity contribution is 5.80. The van der Waals surface area contributed by atoms with Gasteiger partial charge in [0.2, 0.25) is 0 Å². The molecule has 0 aliphatic heterocycles. The van der Waals surface area contributed by atoms with E-state index >= 15 is 0 Å². The number of hydrogen-bond acceptors (Lipinski definition) is 5. The number of nitro benzene ring substituents is 1. The van der Waals surface area contributed by atoms with Crippen LogP contribution in [0.25, 0.3) is 0 Å². The van der Waals surface area contributed by atoms with Gasteiger partial charge in [0.05, 0.1) is 12.0 Å². The van der Waals surface area contributed by atoms with Crippen LogP contribution in [0.15, 0.2) is 42.5 Å². The minimum absolute atomic E-state index is 0.0222. The molecule has 0 saturated carbocycles. The van der Waals surface area contributed by atoms with Crippen molar-refractivity contribution in [2.45, 2.75) is 26.4 Å². The number of nitro groups is 1. The summed E-state index contributed by atoms with van der Waals surface area (Å²) in [6, 6.07) is 12.1. The number of benzene rings is 2. The summed E-state index contributed by atoms with van der Waals surface area (Å²) < 4.78 is 10.7. The molecule has 2 aromatic carbocycles. The van der Waals surface area contributed by atoms with Crippen LogP contribution in [0.2, 0.25) is 0 Å². The van der Waals surface area contributed by atoms with Gasteiger partial charge in [-0.2, -0.15) is 0 Å². The predicted molar refractivity (Wildman–Crippen MR) is 97.6 cm³/mol. The molecular formula is C19H22N2O5. The van der Waals surface area contributed by atoms with Crippen LogP contribution >= 0.6 is 0 Å². The molecule has 0 aliphatic carbocycles. The van der Waals surface area contributed by atoms with E-state index < -0.39 is 11.0 Å². The number of ether oxygens (including phenoxy) is 2. The zero-order valence-electron chi connectivity index (χ0n) is 15.0. The van der Waals surface area contributed by atoms with Crippen molar-refractivity contribution in [3.63, 3.8) is 0 Å². The van der Waals surface area contributed by atoms with Crippen LogP contribution in [-0.2, 0) is 11.2 Å². The minimum Gasteiger partial charge on any atom is -0.497 e. The number of nitrogens with one attached hydrogen (secondary N) is 1. The van der Waals surface area contributed by atoms with Crippen LogP contribution < -0.4 is 14.8 Å². The Hall–Kier alpha value is -3.09. The lowest BCUT2D eigenvalue weighted by Gasteiger charge is -2.15. The summed E-state index contributed by atoms with van der Waals surface area (Å²) in [6.07, 6.45) is -0.00856. The van der Waals surface area contributed by atoms with Gasteiger partial charge in [-0.25, -0.2) is 0 Å². The fraction of sp³-hybridized carbons (Fsp3) is 0.316. The molecule has 0 aliphatic rings. The summed E-state index contributed by atoms with van der Waals surface area (Å²) in [7, 11) is 1.61. The highest BCUT2D eigenvalue weighted by Crippen LogP contribution is 2.23. The van der Waals surface area contributed by atoms with Gasteiger partial charge < -0.3 is 14.8 Å². The molecule has 138 valence electrons. The second-order valence-electron chi connectivity index (χ2n) is 5.85. The van der Waals surface area contributed by atoms with E-state index in [9.17, 15) is 14.9 Å². The summed E-state index contributed by atoms with van der Waals surface area (Å²) in [5.41, 5.74) is 1.60. The Morgan fingerprint density at radius 3 is 2.42 bits per heavy atom. The normalized spacial score (nSPS) is 11.5. The molecule has 0 fully saturated rings. The van der Waals surface area contributed by atoms with Crippen LogP contribution in [0.3, 0.4) is 0 Å². The number of carbonyl (C=O) groups is 1. The number of carbonyl (C=O) groups excluding carboxylic acids is 1. The Morgan fingerprint density at radius 2 is 1.85 bits per heavy atom. The Kier molecular flexibility index (Phi) is 6.54. The number of hydrogen-bond donors (Lipinski definition) is 1. The van der Waals surface area contributed by atoms with Crippen LogP contribution in [0.1, 0.15) is 18.1 Å². The number of rotatable bonds is 8. The smallest absolute Gasteiger partial charge is 0.272 e. The fourth-order valence-corrected chi connectivity index (χ4v) is 2.43. The topological polar surface area (TPSA) is 90.7 Å². The molecule has 0 bridgehead atoms. The molecule has 1 amide bonds. The first-order valence-electron chi connectivity index (χ1n) is 8.23. The van der Waals surface area contributed by atoms with Crippen LogP contribution in [0, 0.1) is 17.0 Å². The summed E-state index contributed by atoms with van der Waals surface area (Å²) >= 11 is 0. The van der Waals surface area contributed by atoms with Crippen molar-refractivity contribution in [2.24, 2.45) is 0 Å². The van der Waals surface area contributed by atoms with Gasteiger partial charge in [-0.15, -0.1) is 0 Å². The lowest BCUT2D eigenvalue weighted by Crippen LogP contribution is -2.37. The first kappa shape index (κ1) is 19.2. The standard InChI is InChI=1S/C19H22N2O5/c1-13-12-17(8-9-18(13)21(23)24)26-14(2)19(22)20-11-10-15-4-6-16(25-3)7-5-15/h4-9,12,14H,10-11H2,1-3H3,(H,20,22)/t14-/m1/s1. The lowest BCUT2D eigenvalue weighted by atomic mass is 10.1. The van der Waals surface area contributed by atoms with Crippen molar-refractivity contribution >= 4 is 11.6 Å². The van der Waals surface area contributed by atoms with Crippen molar-refractivity contribution in [2.75, 3.05) is 13.7 Å². The molecule has 0 radical (unpaired) electrons. The van der Waals surface area contributed by atoms with E-state index in [0.717, 1.165) is 11.3 Å². The molecule has 2 rings (SSSR count). The van der Waals surface area contributed by atoms with Gasteiger partial charge in [0, 0.05) is 18.2 Å². The van der Waals surface area contributed by atoms with Crippen LogP contribution in [0.5, 0.6) is 11.5 Å². The predicted octanol–water partition coefficient (Wildman–Crippen LogP) is 3.04. The monoisotopic (exact) mass is 358 g/mol. The molecule has 0 spiro atoms. The van der Waals surface area contributed by atoms with Crippen molar-refractivity contribution < 1.29 is 19.2 Å². The molecular weight excluding hydrogens is 336 g/mol. The van der Waals surface area contributed by atoms with Gasteiger partial charge in [-0.1, -0.05) is 12.1 Å². The third kappa shape index (κ3) is 5.20. The van der Waals surface area contributed by atoms with Crippen molar-refractivity contribution in [3.8, 4) is 11.5 Å². The number of aryl methyl sites for hydroxylation is 1. The molecule has 0 heterocycles. The lowest BCUT2D eigenvalue weighted by molar-refractivity contribution is -0.385. The molecule has 1 atom stereocenters. The van der Waals surface area contributed by atoms with E-state index in [2.05, 4.69) is 5.32 Å². The molecule has 7 heteroatoms. The maximum absolute atomic E-state index is 12.1. The molecule has 0 aromatic heterocycles. The maximum Gasteiger partial charge on any atom is 0.272 e. The minimum atomic E-state index is -0.702. The Bertz CT molecular complexity index is 774. The first-order valence-corrected chi connectivity index (χ1v) is 8.23. The zero-order valence-corrected chi connectivity index (χ0v) is 15.0. The maximum atomic E-state index is 12.1. The van der Waals surface area contributed by atoms with Crippen molar-refractivity contribution in [3.05, 3.63) is 63.7 Å². The van der Waals surface area contributed by atoms with Gasteiger partial charge in [-0.3, -0.25) is 14.9 Å². The molecule has 2 aromatic rings. The molecule has 7 nitrogen and oxygen atoms in total. The number of nitrogens with zero attached hydrogens (tertiary/aromatic N) is 1. The van der Waals surface area contributed by atoms with Gasteiger partial charge in [-0.05, 0) is 50.1 Å². The fourth-order valence-electron chi connectivity index (χ4n) is 2.43. The molecule has 26 heavy (non-hydrogen) atoms. The Morgan fingerprint density at radius 1 is 1.19 bits per heavy atom. The van der Waals surface area contributed by atoms with Gasteiger partial charge >= 0.3 is 0 Å². The quantitative estimate of drug-likeness (QED) is 0.578. The third-order valence-corrected chi connectivity index (χ3v) is 3.92. The van der Waals surface area contributed by atoms with Gasteiger partial charge in [0.15, 0.2) is 6.10 Å². The molecule has 0 saturated heterocycles. The summed E-state index contributed by atoms with van der Waals surface area (Å²) in [4.78, 5) is 22.5. The van der Waals surface area contributed by atoms with E-state index in [4.69, 9.17) is 9.47 Å². The highest BCUT2D eigenvalue weighted by atomic mass is 16.6. The second kappa shape index (κ2) is 8.84. The molecule has 1 N–H and O–H groups in total. The Labute approximate surface area is 152 Å². The first-order chi connectivity index (χ1) is 12.4. The number of methoxy groups -OCH3 is 1.